The van der Waals surface area contributed by atoms with Crippen LogP contribution in [0.2, 0.25) is 0 Å². The Morgan fingerprint density at radius 2 is 1.58 bits per heavy atom. The predicted molar refractivity (Wildman–Crippen MR) is 104 cm³/mol. The Morgan fingerprint density at radius 3 is 2.15 bits per heavy atom. The average molecular weight is 375 g/mol. The molecule has 26 heavy (non-hydrogen) atoms. The van der Waals surface area contributed by atoms with Gasteiger partial charge in [-0.25, -0.2) is 13.1 Å². The zero-order valence-electron chi connectivity index (χ0n) is 15.3. The van der Waals surface area contributed by atoms with Crippen molar-refractivity contribution in [2.75, 3.05) is 39.1 Å². The van der Waals surface area contributed by atoms with Gasteiger partial charge in [-0.2, -0.15) is 0 Å². The first-order valence-electron chi connectivity index (χ1n) is 8.39. The van der Waals surface area contributed by atoms with Crippen molar-refractivity contribution in [3.63, 3.8) is 0 Å². The summed E-state index contributed by atoms with van der Waals surface area (Å²) in [5.41, 5.74) is 1.21. The fraction of sp³-hybridized carbons (Fsp3) is 0.316. The van der Waals surface area contributed by atoms with Crippen molar-refractivity contribution in [3.05, 3.63) is 60.2 Å². The quantitative estimate of drug-likeness (QED) is 0.718. The number of hydrogen-bond donors (Lipinski definition) is 1. The molecular weight excluding hydrogens is 350 g/mol. The van der Waals surface area contributed by atoms with E-state index in [1.165, 1.54) is 29.2 Å². The van der Waals surface area contributed by atoms with Gasteiger partial charge in [0.15, 0.2) is 0 Å². The van der Waals surface area contributed by atoms with Crippen LogP contribution in [0.15, 0.2) is 59.5 Å². The number of nitrogens with one attached hydrogen (secondary N) is 1. The maximum atomic E-state index is 12.5. The minimum absolute atomic E-state index is 0.154. The molecule has 0 saturated heterocycles. The summed E-state index contributed by atoms with van der Waals surface area (Å²) in [5, 5.41) is 0. The van der Waals surface area contributed by atoms with E-state index < -0.39 is 10.0 Å². The monoisotopic (exact) mass is 375 g/mol. The van der Waals surface area contributed by atoms with Crippen LogP contribution >= 0.6 is 0 Å². The second-order valence-electron chi connectivity index (χ2n) is 6.28. The molecule has 0 aliphatic heterocycles. The molecular formula is C19H25N3O3S. The van der Waals surface area contributed by atoms with Crippen molar-refractivity contribution in [2.45, 2.75) is 11.3 Å². The molecule has 2 aromatic rings. The normalized spacial score (nSPS) is 11.5. The summed E-state index contributed by atoms with van der Waals surface area (Å²) in [7, 11) is 2.00. The Balaban J connectivity index is 2.04. The second-order valence-corrected chi connectivity index (χ2v) is 8.05. The molecule has 2 aromatic carbocycles. The molecule has 0 aromatic heterocycles. The first-order valence-corrected chi connectivity index (χ1v) is 9.87. The van der Waals surface area contributed by atoms with E-state index >= 15 is 0 Å². The van der Waals surface area contributed by atoms with Gasteiger partial charge >= 0.3 is 0 Å². The molecule has 0 bridgehead atoms. The van der Waals surface area contributed by atoms with Crippen LogP contribution in [0.25, 0.3) is 0 Å². The highest BCUT2D eigenvalue weighted by molar-refractivity contribution is 7.89. The van der Waals surface area contributed by atoms with Crippen molar-refractivity contribution in [1.29, 1.82) is 0 Å². The maximum Gasteiger partial charge on any atom is 0.258 e. The highest BCUT2D eigenvalue weighted by Crippen LogP contribution is 2.16. The van der Waals surface area contributed by atoms with Crippen molar-refractivity contribution >= 4 is 21.6 Å². The minimum Gasteiger partial charge on any atom is -0.311 e. The van der Waals surface area contributed by atoms with Crippen LogP contribution in [-0.2, 0) is 10.0 Å². The third kappa shape index (κ3) is 5.39. The molecule has 0 spiro atoms. The molecule has 0 aliphatic carbocycles. The zero-order chi connectivity index (χ0) is 19.2. The molecule has 0 radical (unpaired) electrons. The van der Waals surface area contributed by atoms with Crippen LogP contribution in [0, 0.1) is 0 Å². The first kappa shape index (κ1) is 20.1. The number of para-hydroxylation sites is 1. The van der Waals surface area contributed by atoms with E-state index in [0.29, 0.717) is 12.1 Å². The van der Waals surface area contributed by atoms with Gasteiger partial charge in [-0.1, -0.05) is 18.2 Å². The van der Waals surface area contributed by atoms with E-state index in [4.69, 9.17) is 0 Å². The number of carbonyl (C=O) groups excluding carboxylic acids is 1. The van der Waals surface area contributed by atoms with Crippen LogP contribution in [0.4, 0.5) is 5.69 Å². The number of benzene rings is 2. The van der Waals surface area contributed by atoms with Crippen LogP contribution < -0.4 is 9.62 Å². The molecule has 0 fully saturated rings. The summed E-state index contributed by atoms with van der Waals surface area (Å²) >= 11 is 0. The Morgan fingerprint density at radius 1 is 0.962 bits per heavy atom. The predicted octanol–water partition coefficient (Wildman–Crippen LogP) is 2.19. The van der Waals surface area contributed by atoms with Gasteiger partial charge in [0.2, 0.25) is 10.0 Å². The summed E-state index contributed by atoms with van der Waals surface area (Å²) in [4.78, 5) is 16.2. The summed E-state index contributed by atoms with van der Waals surface area (Å²) in [6, 6.07) is 15.3. The second kappa shape index (κ2) is 8.93. The number of hydrogen-bond acceptors (Lipinski definition) is 4. The van der Waals surface area contributed by atoms with Crippen LogP contribution in [0.1, 0.15) is 16.8 Å². The number of anilines is 1. The lowest BCUT2D eigenvalue weighted by molar-refractivity contribution is 0.0993. The van der Waals surface area contributed by atoms with Crippen LogP contribution in [-0.4, -0.2) is 53.5 Å². The molecule has 1 N–H and O–H groups in total. The number of amides is 1. The Kier molecular flexibility index (Phi) is 6.90. The van der Waals surface area contributed by atoms with Gasteiger partial charge in [0, 0.05) is 24.8 Å². The maximum absolute atomic E-state index is 12.5. The van der Waals surface area contributed by atoms with Gasteiger partial charge in [-0.05, 0) is 63.5 Å². The van der Waals surface area contributed by atoms with Gasteiger partial charge in [0.25, 0.3) is 5.91 Å². The molecule has 0 atom stereocenters. The minimum atomic E-state index is -3.57. The summed E-state index contributed by atoms with van der Waals surface area (Å²) in [5.74, 6) is -0.195. The number of carbonyl (C=O) groups is 1. The van der Waals surface area contributed by atoms with Gasteiger partial charge in [0.1, 0.15) is 0 Å². The molecule has 0 saturated carbocycles. The average Bonchev–Trinajstić information content (AvgIpc) is 2.65. The molecule has 140 valence electrons. The number of nitrogens with zero attached hydrogens (tertiary/aromatic N) is 2. The van der Waals surface area contributed by atoms with Crippen molar-refractivity contribution in [1.82, 2.24) is 9.62 Å². The highest BCUT2D eigenvalue weighted by atomic mass is 32.2. The largest absolute Gasteiger partial charge is 0.311 e. The fourth-order valence-corrected chi connectivity index (χ4v) is 3.50. The van der Waals surface area contributed by atoms with Crippen LogP contribution in [0.3, 0.4) is 0 Å². The lowest BCUT2D eigenvalue weighted by Gasteiger charge is -2.17. The molecule has 6 nitrogen and oxygen atoms in total. The van der Waals surface area contributed by atoms with Crippen molar-refractivity contribution in [2.24, 2.45) is 0 Å². The van der Waals surface area contributed by atoms with Crippen LogP contribution in [0.5, 0.6) is 0 Å². The molecule has 2 rings (SSSR count). The lowest BCUT2D eigenvalue weighted by atomic mass is 10.2. The zero-order valence-corrected chi connectivity index (χ0v) is 16.2. The lowest BCUT2D eigenvalue weighted by Crippen LogP contribution is -2.28. The van der Waals surface area contributed by atoms with Gasteiger partial charge < -0.3 is 9.80 Å². The topological polar surface area (TPSA) is 69.7 Å². The summed E-state index contributed by atoms with van der Waals surface area (Å²) < 4.78 is 27.2. The molecule has 0 heterocycles. The molecule has 7 heteroatoms. The SMILES string of the molecule is CN(C)CCCNS(=O)(=O)c1ccc(C(=O)N(C)c2ccccc2)cc1. The van der Waals surface area contributed by atoms with E-state index in [1.807, 2.05) is 49.3 Å². The molecule has 0 aliphatic rings. The Hall–Kier alpha value is -2.22. The van der Waals surface area contributed by atoms with E-state index in [1.54, 1.807) is 7.05 Å². The smallest absolute Gasteiger partial charge is 0.258 e. The fourth-order valence-electron chi connectivity index (χ4n) is 2.42. The standard InChI is InChI=1S/C19H25N3O3S/c1-21(2)15-7-14-20-26(24,25)18-12-10-16(11-13-18)19(23)22(3)17-8-5-4-6-9-17/h4-6,8-13,20H,7,14-15H2,1-3H3. The summed E-state index contributed by atoms with van der Waals surface area (Å²) in [6.45, 7) is 1.18. The van der Waals surface area contributed by atoms with Gasteiger partial charge in [0.05, 0.1) is 4.90 Å². The third-order valence-electron chi connectivity index (χ3n) is 3.93. The van der Waals surface area contributed by atoms with Gasteiger partial charge in [-0.15, -0.1) is 0 Å². The Labute approximate surface area is 155 Å². The van der Waals surface area contributed by atoms with Crippen molar-refractivity contribution < 1.29 is 13.2 Å². The van der Waals surface area contributed by atoms with E-state index in [2.05, 4.69) is 4.72 Å². The number of sulfonamides is 1. The highest BCUT2D eigenvalue weighted by Gasteiger charge is 2.17. The van der Waals surface area contributed by atoms with E-state index in [-0.39, 0.29) is 10.8 Å². The van der Waals surface area contributed by atoms with E-state index in [9.17, 15) is 13.2 Å². The first-order chi connectivity index (χ1) is 12.3. The van der Waals surface area contributed by atoms with Crippen molar-refractivity contribution in [3.8, 4) is 0 Å². The van der Waals surface area contributed by atoms with E-state index in [0.717, 1.165) is 18.7 Å². The number of rotatable bonds is 8. The Bertz CT molecular complexity index is 819. The van der Waals surface area contributed by atoms with Gasteiger partial charge in [-0.3, -0.25) is 4.79 Å². The molecule has 1 amide bonds. The molecule has 0 unspecified atom stereocenters. The summed E-state index contributed by atoms with van der Waals surface area (Å²) in [6.07, 6.45) is 0.727. The third-order valence-corrected chi connectivity index (χ3v) is 5.41.